The second-order valence-electron chi connectivity index (χ2n) is 7.73. The normalized spacial score (nSPS) is 18.6. The summed E-state index contributed by atoms with van der Waals surface area (Å²) in [6.45, 7) is 17.9. The Labute approximate surface area is 96.2 Å². The lowest BCUT2D eigenvalue weighted by Crippen LogP contribution is -2.39. The van der Waals surface area contributed by atoms with E-state index in [1.165, 1.54) is 32.5 Å². The Morgan fingerprint density at radius 3 is 1.53 bits per heavy atom. The Morgan fingerprint density at radius 2 is 1.27 bits per heavy atom. The van der Waals surface area contributed by atoms with Gasteiger partial charge in [-0.2, -0.15) is 0 Å². The van der Waals surface area contributed by atoms with Crippen LogP contribution >= 0.6 is 0 Å². The van der Waals surface area contributed by atoms with Crippen LogP contribution in [-0.4, -0.2) is 24.5 Å². The maximum Gasteiger partial charge on any atom is 0.00304 e. The lowest BCUT2D eigenvalue weighted by Gasteiger charge is -2.34. The molecule has 0 heterocycles. The van der Waals surface area contributed by atoms with Crippen molar-refractivity contribution in [3.63, 3.8) is 0 Å². The smallest absolute Gasteiger partial charge is 0.00304 e. The first-order valence-electron chi connectivity index (χ1n) is 6.38. The molecule has 0 saturated heterocycles. The van der Waals surface area contributed by atoms with Crippen LogP contribution in [0.5, 0.6) is 0 Å². The molecule has 0 unspecified atom stereocenters. The van der Waals surface area contributed by atoms with Crippen LogP contribution in [0.4, 0.5) is 0 Å². The first-order chi connectivity index (χ1) is 6.66. The third-order valence-corrected chi connectivity index (χ3v) is 2.61. The maximum absolute atomic E-state index is 2.68. The number of rotatable bonds is 4. The SMILES string of the molecule is CC(C)(C)CN(CC1CC1)CC(C)(C)C. The largest absolute Gasteiger partial charge is 0.302 e. The third kappa shape index (κ3) is 6.94. The van der Waals surface area contributed by atoms with E-state index in [1.807, 2.05) is 0 Å². The van der Waals surface area contributed by atoms with Crippen molar-refractivity contribution >= 4 is 0 Å². The predicted molar refractivity (Wildman–Crippen MR) is 68.1 cm³/mol. The van der Waals surface area contributed by atoms with Crippen molar-refractivity contribution in [3.8, 4) is 0 Å². The van der Waals surface area contributed by atoms with Crippen LogP contribution < -0.4 is 0 Å². The van der Waals surface area contributed by atoms with Crippen molar-refractivity contribution in [2.24, 2.45) is 16.7 Å². The summed E-state index contributed by atoms with van der Waals surface area (Å²) in [4.78, 5) is 2.68. The van der Waals surface area contributed by atoms with E-state index in [0.717, 1.165) is 5.92 Å². The van der Waals surface area contributed by atoms with E-state index in [0.29, 0.717) is 10.8 Å². The van der Waals surface area contributed by atoms with Gasteiger partial charge in [-0.1, -0.05) is 41.5 Å². The Kier molecular flexibility index (Phi) is 3.86. The van der Waals surface area contributed by atoms with Crippen molar-refractivity contribution in [1.29, 1.82) is 0 Å². The van der Waals surface area contributed by atoms with Gasteiger partial charge in [-0.15, -0.1) is 0 Å². The molecule has 0 aliphatic heterocycles. The van der Waals surface area contributed by atoms with Gasteiger partial charge in [0.1, 0.15) is 0 Å². The second-order valence-corrected chi connectivity index (χ2v) is 7.73. The molecule has 1 fully saturated rings. The molecule has 0 aromatic heterocycles. The highest BCUT2D eigenvalue weighted by Gasteiger charge is 2.28. The van der Waals surface area contributed by atoms with Crippen molar-refractivity contribution in [1.82, 2.24) is 4.90 Å². The Hall–Kier alpha value is -0.0400. The molecule has 0 N–H and O–H groups in total. The molecular formula is C14H29N. The molecule has 1 heteroatoms. The molecule has 0 aromatic carbocycles. The molecule has 0 spiro atoms. The van der Waals surface area contributed by atoms with Crippen molar-refractivity contribution in [3.05, 3.63) is 0 Å². The van der Waals surface area contributed by atoms with E-state index in [1.54, 1.807) is 0 Å². The highest BCUT2D eigenvalue weighted by atomic mass is 15.1. The summed E-state index contributed by atoms with van der Waals surface area (Å²) < 4.78 is 0. The minimum atomic E-state index is 0.431. The lowest BCUT2D eigenvalue weighted by atomic mass is 9.92. The average molecular weight is 211 g/mol. The van der Waals surface area contributed by atoms with E-state index in [4.69, 9.17) is 0 Å². The number of hydrogen-bond donors (Lipinski definition) is 0. The summed E-state index contributed by atoms with van der Waals surface area (Å²) in [6, 6.07) is 0. The summed E-state index contributed by atoms with van der Waals surface area (Å²) >= 11 is 0. The van der Waals surface area contributed by atoms with Crippen LogP contribution in [-0.2, 0) is 0 Å². The summed E-state index contributed by atoms with van der Waals surface area (Å²) in [6.07, 6.45) is 2.93. The van der Waals surface area contributed by atoms with Crippen molar-refractivity contribution in [2.75, 3.05) is 19.6 Å². The number of hydrogen-bond acceptors (Lipinski definition) is 1. The van der Waals surface area contributed by atoms with Crippen LogP contribution in [0.3, 0.4) is 0 Å². The van der Waals surface area contributed by atoms with Gasteiger partial charge in [0.05, 0.1) is 0 Å². The van der Waals surface area contributed by atoms with Crippen LogP contribution in [0.1, 0.15) is 54.4 Å². The van der Waals surface area contributed by atoms with Gasteiger partial charge in [-0.05, 0) is 29.6 Å². The minimum absolute atomic E-state index is 0.431. The highest BCUT2D eigenvalue weighted by molar-refractivity contribution is 4.81. The van der Waals surface area contributed by atoms with Crippen LogP contribution in [0.2, 0.25) is 0 Å². The highest BCUT2D eigenvalue weighted by Crippen LogP contribution is 2.32. The quantitative estimate of drug-likeness (QED) is 0.684. The predicted octanol–water partition coefficient (Wildman–Crippen LogP) is 3.79. The molecule has 0 amide bonds. The fraction of sp³-hybridized carbons (Fsp3) is 1.00. The Balaban J connectivity index is 2.44. The molecular weight excluding hydrogens is 182 g/mol. The summed E-state index contributed by atoms with van der Waals surface area (Å²) in [7, 11) is 0. The fourth-order valence-electron chi connectivity index (χ4n) is 2.19. The molecule has 1 aliphatic rings. The van der Waals surface area contributed by atoms with E-state index >= 15 is 0 Å². The molecule has 1 nitrogen and oxygen atoms in total. The second kappa shape index (κ2) is 4.45. The first kappa shape index (κ1) is 13.0. The van der Waals surface area contributed by atoms with Gasteiger partial charge < -0.3 is 4.90 Å². The van der Waals surface area contributed by atoms with Crippen molar-refractivity contribution < 1.29 is 0 Å². The molecule has 1 rings (SSSR count). The zero-order valence-electron chi connectivity index (χ0n) is 11.6. The molecule has 90 valence electrons. The van der Waals surface area contributed by atoms with Crippen LogP contribution in [0.25, 0.3) is 0 Å². The molecule has 1 aliphatic carbocycles. The van der Waals surface area contributed by atoms with Gasteiger partial charge in [0.25, 0.3) is 0 Å². The van der Waals surface area contributed by atoms with Crippen LogP contribution in [0, 0.1) is 16.7 Å². The standard InChI is InChI=1S/C14H29N/c1-13(2,3)10-15(9-12-7-8-12)11-14(4,5)6/h12H,7-11H2,1-6H3. The zero-order chi connectivity index (χ0) is 11.7. The van der Waals surface area contributed by atoms with Gasteiger partial charge in [-0.3, -0.25) is 0 Å². The van der Waals surface area contributed by atoms with E-state index < -0.39 is 0 Å². The van der Waals surface area contributed by atoms with Crippen molar-refractivity contribution in [2.45, 2.75) is 54.4 Å². The topological polar surface area (TPSA) is 3.24 Å². The minimum Gasteiger partial charge on any atom is -0.302 e. The zero-order valence-corrected chi connectivity index (χ0v) is 11.6. The molecule has 0 atom stereocenters. The van der Waals surface area contributed by atoms with E-state index in [2.05, 4.69) is 46.4 Å². The fourth-order valence-corrected chi connectivity index (χ4v) is 2.19. The molecule has 0 bridgehead atoms. The molecule has 0 radical (unpaired) electrons. The maximum atomic E-state index is 2.68. The van der Waals surface area contributed by atoms with E-state index in [-0.39, 0.29) is 0 Å². The molecule has 15 heavy (non-hydrogen) atoms. The molecule has 0 aromatic rings. The third-order valence-electron chi connectivity index (χ3n) is 2.61. The first-order valence-corrected chi connectivity index (χ1v) is 6.38. The van der Waals surface area contributed by atoms with Crippen LogP contribution in [0.15, 0.2) is 0 Å². The van der Waals surface area contributed by atoms with Gasteiger partial charge in [-0.25, -0.2) is 0 Å². The summed E-state index contributed by atoms with van der Waals surface area (Å²) in [5.41, 5.74) is 0.861. The lowest BCUT2D eigenvalue weighted by molar-refractivity contribution is 0.136. The average Bonchev–Trinajstić information content (AvgIpc) is 2.61. The summed E-state index contributed by atoms with van der Waals surface area (Å²) in [5, 5.41) is 0. The Bertz CT molecular complexity index is 174. The Morgan fingerprint density at radius 1 is 0.867 bits per heavy atom. The van der Waals surface area contributed by atoms with Gasteiger partial charge in [0.15, 0.2) is 0 Å². The van der Waals surface area contributed by atoms with E-state index in [9.17, 15) is 0 Å². The number of nitrogens with zero attached hydrogens (tertiary/aromatic N) is 1. The van der Waals surface area contributed by atoms with Gasteiger partial charge in [0.2, 0.25) is 0 Å². The van der Waals surface area contributed by atoms with Gasteiger partial charge >= 0.3 is 0 Å². The summed E-state index contributed by atoms with van der Waals surface area (Å²) in [5.74, 6) is 1.01. The molecule has 1 saturated carbocycles. The monoisotopic (exact) mass is 211 g/mol. The van der Waals surface area contributed by atoms with Gasteiger partial charge in [0, 0.05) is 19.6 Å².